The third-order valence-corrected chi connectivity index (χ3v) is 2.81. The van der Waals surface area contributed by atoms with Crippen LogP contribution in [0.1, 0.15) is 37.7 Å². The Morgan fingerprint density at radius 1 is 1.19 bits per heavy atom. The lowest BCUT2D eigenvalue weighted by molar-refractivity contribution is -0.128. The maximum Gasteiger partial charge on any atom is 0.286 e. The fourth-order valence-electron chi connectivity index (χ4n) is 1.50. The van der Waals surface area contributed by atoms with E-state index < -0.39 is 11.3 Å². The monoisotopic (exact) mass is 294 g/mol. The van der Waals surface area contributed by atoms with Crippen molar-refractivity contribution >= 4 is 17.7 Å². The van der Waals surface area contributed by atoms with Crippen LogP contribution in [-0.4, -0.2) is 28.8 Å². The number of hydrogen-bond acceptors (Lipinski definition) is 3. The maximum atomic E-state index is 11.7. The van der Waals surface area contributed by atoms with Crippen molar-refractivity contribution in [2.75, 3.05) is 6.54 Å². The van der Waals surface area contributed by atoms with Crippen LogP contribution in [-0.2, 0) is 16.6 Å². The largest absolute Gasteiger partial charge is 0.355 e. The van der Waals surface area contributed by atoms with Gasteiger partial charge in [-0.05, 0) is 12.1 Å². The Bertz CT molecular complexity index is 529. The molecule has 0 aliphatic carbocycles. The van der Waals surface area contributed by atoms with Crippen molar-refractivity contribution in [2.24, 2.45) is 12.5 Å². The summed E-state index contributed by atoms with van der Waals surface area (Å²) in [6.07, 6.45) is 1.83. The Kier molecular flexibility index (Phi) is 5.52. The molecule has 0 bridgehead atoms. The molecule has 1 aromatic rings. The second-order valence-electron chi connectivity index (χ2n) is 5.76. The summed E-state index contributed by atoms with van der Waals surface area (Å²) >= 11 is 0. The predicted octanol–water partition coefficient (Wildman–Crippen LogP) is 0.339. The van der Waals surface area contributed by atoms with Gasteiger partial charge in [-0.3, -0.25) is 25.2 Å². The fourth-order valence-corrected chi connectivity index (χ4v) is 1.50. The van der Waals surface area contributed by atoms with E-state index in [1.807, 2.05) is 0 Å². The van der Waals surface area contributed by atoms with Crippen LogP contribution >= 0.6 is 0 Å². The van der Waals surface area contributed by atoms with Crippen molar-refractivity contribution < 1.29 is 14.4 Å². The lowest BCUT2D eigenvalue weighted by Crippen LogP contribution is -2.44. The molecule has 0 aliphatic heterocycles. The van der Waals surface area contributed by atoms with Crippen molar-refractivity contribution in [3.63, 3.8) is 0 Å². The molecular formula is C14H22N4O3. The molecule has 0 unspecified atom stereocenters. The number of aromatic nitrogens is 1. The van der Waals surface area contributed by atoms with Crippen LogP contribution < -0.4 is 16.2 Å². The molecule has 0 atom stereocenters. The van der Waals surface area contributed by atoms with E-state index in [0.29, 0.717) is 5.69 Å². The van der Waals surface area contributed by atoms with Gasteiger partial charge < -0.3 is 9.88 Å². The number of hydrogen-bond donors (Lipinski definition) is 3. The van der Waals surface area contributed by atoms with E-state index in [4.69, 9.17) is 0 Å². The quantitative estimate of drug-likeness (QED) is 0.699. The van der Waals surface area contributed by atoms with Crippen molar-refractivity contribution in [2.45, 2.75) is 27.2 Å². The molecule has 21 heavy (non-hydrogen) atoms. The highest BCUT2D eigenvalue weighted by atomic mass is 16.2. The number of nitrogens with one attached hydrogen (secondary N) is 3. The summed E-state index contributed by atoms with van der Waals surface area (Å²) in [5.41, 5.74) is 4.58. The Morgan fingerprint density at radius 2 is 1.86 bits per heavy atom. The zero-order valence-electron chi connectivity index (χ0n) is 12.8. The first-order valence-corrected chi connectivity index (χ1v) is 6.70. The molecule has 0 radical (unpaired) electrons. The lowest BCUT2D eigenvalue weighted by atomic mass is 9.96. The molecule has 0 aliphatic rings. The number of rotatable bonds is 4. The van der Waals surface area contributed by atoms with E-state index in [9.17, 15) is 14.4 Å². The van der Waals surface area contributed by atoms with E-state index in [2.05, 4.69) is 16.2 Å². The zero-order valence-corrected chi connectivity index (χ0v) is 12.8. The van der Waals surface area contributed by atoms with E-state index in [0.717, 1.165) is 0 Å². The summed E-state index contributed by atoms with van der Waals surface area (Å²) in [7, 11) is 1.73. The lowest BCUT2D eigenvalue weighted by Gasteiger charge is -2.17. The molecule has 0 spiro atoms. The second kappa shape index (κ2) is 6.92. The van der Waals surface area contributed by atoms with E-state index in [-0.39, 0.29) is 24.8 Å². The zero-order chi connectivity index (χ0) is 16.0. The van der Waals surface area contributed by atoms with Gasteiger partial charge in [0.2, 0.25) is 11.8 Å². The van der Waals surface area contributed by atoms with Gasteiger partial charge in [0.05, 0.1) is 0 Å². The number of amides is 3. The summed E-state index contributed by atoms with van der Waals surface area (Å²) < 4.78 is 1.64. The molecule has 1 rings (SSSR count). The van der Waals surface area contributed by atoms with Crippen LogP contribution in [0.4, 0.5) is 0 Å². The SMILES string of the molecule is Cn1cccc1C(=O)NNC(=O)CCNC(=O)C(C)(C)C. The molecule has 3 N–H and O–H groups in total. The normalized spacial score (nSPS) is 10.9. The van der Waals surface area contributed by atoms with Crippen molar-refractivity contribution in [1.82, 2.24) is 20.7 Å². The van der Waals surface area contributed by atoms with Crippen LogP contribution in [0.3, 0.4) is 0 Å². The van der Waals surface area contributed by atoms with Crippen LogP contribution in [0.5, 0.6) is 0 Å². The Labute approximate surface area is 124 Å². The van der Waals surface area contributed by atoms with Gasteiger partial charge >= 0.3 is 0 Å². The first kappa shape index (κ1) is 16.7. The number of carbonyl (C=O) groups excluding carboxylic acids is 3. The molecule has 3 amide bonds. The van der Waals surface area contributed by atoms with Gasteiger partial charge in [-0.2, -0.15) is 0 Å². The van der Waals surface area contributed by atoms with Gasteiger partial charge in [0, 0.05) is 31.6 Å². The molecule has 0 saturated carbocycles. The van der Waals surface area contributed by atoms with E-state index in [1.54, 1.807) is 50.7 Å². The van der Waals surface area contributed by atoms with Gasteiger partial charge in [0.1, 0.15) is 5.69 Å². The second-order valence-corrected chi connectivity index (χ2v) is 5.76. The van der Waals surface area contributed by atoms with Crippen molar-refractivity contribution in [3.05, 3.63) is 24.0 Å². The highest BCUT2D eigenvalue weighted by Crippen LogP contribution is 2.11. The minimum Gasteiger partial charge on any atom is -0.355 e. The molecule has 7 heteroatoms. The molecular weight excluding hydrogens is 272 g/mol. The van der Waals surface area contributed by atoms with Crippen LogP contribution in [0.15, 0.2) is 18.3 Å². The van der Waals surface area contributed by atoms with Gasteiger partial charge in [-0.15, -0.1) is 0 Å². The average molecular weight is 294 g/mol. The Balaban J connectivity index is 2.28. The molecule has 0 saturated heterocycles. The van der Waals surface area contributed by atoms with Crippen molar-refractivity contribution in [1.29, 1.82) is 0 Å². The Hall–Kier alpha value is -2.31. The van der Waals surface area contributed by atoms with Crippen LogP contribution in [0.2, 0.25) is 0 Å². The summed E-state index contributed by atoms with van der Waals surface area (Å²) in [4.78, 5) is 34.9. The number of aryl methyl sites for hydroxylation is 1. The standard InChI is InChI=1S/C14H22N4O3/c1-14(2,3)13(21)15-8-7-11(19)16-17-12(20)10-6-5-9-18(10)4/h5-6,9H,7-8H2,1-4H3,(H,15,21)(H,16,19)(H,17,20). The number of carbonyl (C=O) groups is 3. The summed E-state index contributed by atoms with van der Waals surface area (Å²) in [6, 6.07) is 3.38. The average Bonchev–Trinajstić information content (AvgIpc) is 2.81. The molecule has 1 aromatic heterocycles. The topological polar surface area (TPSA) is 92.2 Å². The minimum absolute atomic E-state index is 0.0925. The van der Waals surface area contributed by atoms with E-state index in [1.165, 1.54) is 0 Å². The minimum atomic E-state index is -0.489. The van der Waals surface area contributed by atoms with Crippen LogP contribution in [0.25, 0.3) is 0 Å². The van der Waals surface area contributed by atoms with E-state index >= 15 is 0 Å². The van der Waals surface area contributed by atoms with Crippen molar-refractivity contribution in [3.8, 4) is 0 Å². The first-order valence-electron chi connectivity index (χ1n) is 6.70. The predicted molar refractivity (Wildman–Crippen MR) is 78.1 cm³/mol. The summed E-state index contributed by atoms with van der Waals surface area (Å²) in [5, 5.41) is 2.66. The first-order chi connectivity index (χ1) is 9.71. The smallest absolute Gasteiger partial charge is 0.286 e. The van der Waals surface area contributed by atoms with Gasteiger partial charge in [0.15, 0.2) is 0 Å². The van der Waals surface area contributed by atoms with Crippen LogP contribution in [0, 0.1) is 5.41 Å². The molecule has 1 heterocycles. The third-order valence-electron chi connectivity index (χ3n) is 2.81. The number of hydrazine groups is 1. The molecule has 0 aromatic carbocycles. The van der Waals surface area contributed by atoms with Gasteiger partial charge in [0.25, 0.3) is 5.91 Å². The fraction of sp³-hybridized carbons (Fsp3) is 0.500. The number of nitrogens with zero attached hydrogens (tertiary/aromatic N) is 1. The summed E-state index contributed by atoms with van der Waals surface area (Å²) in [6.45, 7) is 5.61. The van der Waals surface area contributed by atoms with Gasteiger partial charge in [-0.25, -0.2) is 0 Å². The summed E-state index contributed by atoms with van der Waals surface area (Å²) in [5.74, 6) is -0.885. The molecule has 0 fully saturated rings. The molecule has 7 nitrogen and oxygen atoms in total. The maximum absolute atomic E-state index is 11.7. The third kappa shape index (κ3) is 5.29. The highest BCUT2D eigenvalue weighted by Gasteiger charge is 2.20. The highest BCUT2D eigenvalue weighted by molar-refractivity contribution is 5.94. The molecule has 116 valence electrons. The Morgan fingerprint density at radius 3 is 2.38 bits per heavy atom. The van der Waals surface area contributed by atoms with Gasteiger partial charge in [-0.1, -0.05) is 20.8 Å².